The van der Waals surface area contributed by atoms with Crippen LogP contribution >= 0.6 is 0 Å². The van der Waals surface area contributed by atoms with Gasteiger partial charge >= 0.3 is 0 Å². The molecule has 1 amide bonds. The van der Waals surface area contributed by atoms with E-state index in [0.717, 1.165) is 12.0 Å². The van der Waals surface area contributed by atoms with Gasteiger partial charge in [-0.25, -0.2) is 0 Å². The number of hydrogen-bond acceptors (Lipinski definition) is 3. The molecule has 4 heteroatoms. The van der Waals surface area contributed by atoms with Crippen LogP contribution < -0.4 is 0 Å². The van der Waals surface area contributed by atoms with E-state index in [9.17, 15) is 9.90 Å². The van der Waals surface area contributed by atoms with Gasteiger partial charge in [0.05, 0.1) is 6.61 Å². The fourth-order valence-electron chi connectivity index (χ4n) is 3.30. The first-order valence-corrected chi connectivity index (χ1v) is 8.98. The number of nitrogens with zero attached hydrogens (tertiary/aromatic N) is 2. The van der Waals surface area contributed by atoms with Gasteiger partial charge in [-0.15, -0.1) is 0 Å². The molecule has 1 aliphatic carbocycles. The summed E-state index contributed by atoms with van der Waals surface area (Å²) in [7, 11) is 0. The molecule has 0 bridgehead atoms. The molecule has 1 fully saturated rings. The van der Waals surface area contributed by atoms with E-state index in [1.807, 2.05) is 12.1 Å². The second kappa shape index (κ2) is 7.79. The molecule has 1 aromatic carbocycles. The summed E-state index contributed by atoms with van der Waals surface area (Å²) >= 11 is 0. The van der Waals surface area contributed by atoms with E-state index in [0.29, 0.717) is 24.9 Å². The molecule has 2 unspecified atom stereocenters. The SMILES string of the molecule is CC(C)c1ccc(C2CC2C(=O)N(CCO)Cc2cccnc2)cc1. The Kier molecular flexibility index (Phi) is 5.49. The molecule has 3 rings (SSSR count). The molecule has 1 heterocycles. The first-order valence-electron chi connectivity index (χ1n) is 8.98. The number of aliphatic hydroxyl groups excluding tert-OH is 1. The zero-order valence-electron chi connectivity index (χ0n) is 14.9. The van der Waals surface area contributed by atoms with E-state index in [1.54, 1.807) is 17.3 Å². The summed E-state index contributed by atoms with van der Waals surface area (Å²) in [6, 6.07) is 12.5. The maximum Gasteiger partial charge on any atom is 0.226 e. The van der Waals surface area contributed by atoms with Gasteiger partial charge in [0.2, 0.25) is 5.91 Å². The minimum Gasteiger partial charge on any atom is -0.395 e. The summed E-state index contributed by atoms with van der Waals surface area (Å²) < 4.78 is 0. The highest BCUT2D eigenvalue weighted by Gasteiger charge is 2.45. The molecule has 4 nitrogen and oxygen atoms in total. The van der Waals surface area contributed by atoms with E-state index in [-0.39, 0.29) is 18.4 Å². The average Bonchev–Trinajstić information content (AvgIpc) is 3.42. The Morgan fingerprint density at radius 2 is 2.04 bits per heavy atom. The number of carbonyl (C=O) groups is 1. The number of pyridine rings is 1. The monoisotopic (exact) mass is 338 g/mol. The van der Waals surface area contributed by atoms with Crippen molar-refractivity contribution in [2.75, 3.05) is 13.2 Å². The maximum absolute atomic E-state index is 12.9. The second-order valence-electron chi connectivity index (χ2n) is 7.11. The zero-order valence-corrected chi connectivity index (χ0v) is 14.9. The van der Waals surface area contributed by atoms with Gasteiger partial charge in [-0.05, 0) is 41.0 Å². The standard InChI is InChI=1S/C21H26N2O2/c1-15(2)17-5-7-18(8-6-17)19-12-20(19)21(25)23(10-11-24)14-16-4-3-9-22-13-16/h3-9,13,15,19-20,24H,10-12,14H2,1-2H3. The fourth-order valence-corrected chi connectivity index (χ4v) is 3.30. The van der Waals surface area contributed by atoms with Crippen LogP contribution in [0, 0.1) is 5.92 Å². The van der Waals surface area contributed by atoms with Gasteiger partial charge in [0.1, 0.15) is 0 Å². The van der Waals surface area contributed by atoms with Gasteiger partial charge in [-0.1, -0.05) is 44.2 Å². The average molecular weight is 338 g/mol. The first kappa shape index (κ1) is 17.6. The van der Waals surface area contributed by atoms with Crippen molar-refractivity contribution in [2.45, 2.75) is 38.6 Å². The molecule has 1 aromatic heterocycles. The number of aromatic nitrogens is 1. The lowest BCUT2D eigenvalue weighted by Gasteiger charge is -2.22. The Bertz CT molecular complexity index is 698. The van der Waals surface area contributed by atoms with Crippen LogP contribution in [0.25, 0.3) is 0 Å². The van der Waals surface area contributed by atoms with Crippen LogP contribution in [-0.4, -0.2) is 34.0 Å². The van der Waals surface area contributed by atoms with Crippen LogP contribution in [0.2, 0.25) is 0 Å². The number of aliphatic hydroxyl groups is 1. The summed E-state index contributed by atoms with van der Waals surface area (Å²) in [5, 5.41) is 9.32. The highest BCUT2D eigenvalue weighted by atomic mass is 16.3. The topological polar surface area (TPSA) is 53.4 Å². The lowest BCUT2D eigenvalue weighted by Crippen LogP contribution is -2.34. The van der Waals surface area contributed by atoms with Gasteiger partial charge in [-0.3, -0.25) is 9.78 Å². The molecule has 1 N–H and O–H groups in total. The predicted molar refractivity (Wildman–Crippen MR) is 98.1 cm³/mol. The lowest BCUT2D eigenvalue weighted by molar-refractivity contribution is -0.133. The maximum atomic E-state index is 12.9. The molecule has 25 heavy (non-hydrogen) atoms. The van der Waals surface area contributed by atoms with Gasteiger partial charge in [0, 0.05) is 31.4 Å². The van der Waals surface area contributed by atoms with Gasteiger partial charge < -0.3 is 10.0 Å². The van der Waals surface area contributed by atoms with Crippen molar-refractivity contribution in [3.63, 3.8) is 0 Å². The molecule has 132 valence electrons. The van der Waals surface area contributed by atoms with Crippen LogP contribution in [0.15, 0.2) is 48.8 Å². The minimum absolute atomic E-state index is 0.0214. The highest BCUT2D eigenvalue weighted by Crippen LogP contribution is 2.48. The molecular formula is C21H26N2O2. The van der Waals surface area contributed by atoms with Gasteiger partial charge in [-0.2, -0.15) is 0 Å². The molecule has 2 atom stereocenters. The third-order valence-corrected chi connectivity index (χ3v) is 4.92. The van der Waals surface area contributed by atoms with Crippen LogP contribution in [0.3, 0.4) is 0 Å². The van der Waals surface area contributed by atoms with E-state index in [1.165, 1.54) is 11.1 Å². The van der Waals surface area contributed by atoms with Crippen molar-refractivity contribution in [1.82, 2.24) is 9.88 Å². The molecule has 1 saturated carbocycles. The second-order valence-corrected chi connectivity index (χ2v) is 7.11. The van der Waals surface area contributed by atoms with Gasteiger partial charge in [0.25, 0.3) is 0 Å². The van der Waals surface area contributed by atoms with E-state index in [4.69, 9.17) is 0 Å². The molecule has 0 radical (unpaired) electrons. The summed E-state index contributed by atoms with van der Waals surface area (Å²) in [6.07, 6.45) is 4.39. The van der Waals surface area contributed by atoms with Crippen LogP contribution in [-0.2, 0) is 11.3 Å². The van der Waals surface area contributed by atoms with Crippen LogP contribution in [0.5, 0.6) is 0 Å². The molecule has 2 aromatic rings. The number of amides is 1. The van der Waals surface area contributed by atoms with Crippen LogP contribution in [0.1, 0.15) is 48.8 Å². The molecule has 0 spiro atoms. The predicted octanol–water partition coefficient (Wildman–Crippen LogP) is 3.33. The lowest BCUT2D eigenvalue weighted by atomic mass is 10.00. The van der Waals surface area contributed by atoms with Crippen molar-refractivity contribution < 1.29 is 9.90 Å². The molecule has 1 aliphatic rings. The molecule has 0 saturated heterocycles. The van der Waals surface area contributed by atoms with E-state index in [2.05, 4.69) is 43.1 Å². The number of carbonyl (C=O) groups excluding carboxylic acids is 1. The largest absolute Gasteiger partial charge is 0.395 e. The van der Waals surface area contributed by atoms with Crippen molar-refractivity contribution >= 4 is 5.91 Å². The quantitative estimate of drug-likeness (QED) is 0.842. The Morgan fingerprint density at radius 1 is 1.28 bits per heavy atom. The number of hydrogen-bond donors (Lipinski definition) is 1. The van der Waals surface area contributed by atoms with E-state index >= 15 is 0 Å². The summed E-state index contributed by atoms with van der Waals surface area (Å²) in [5.41, 5.74) is 3.56. The third-order valence-electron chi connectivity index (χ3n) is 4.92. The smallest absolute Gasteiger partial charge is 0.226 e. The van der Waals surface area contributed by atoms with E-state index < -0.39 is 0 Å². The van der Waals surface area contributed by atoms with Crippen molar-refractivity contribution in [3.05, 3.63) is 65.5 Å². The van der Waals surface area contributed by atoms with Crippen molar-refractivity contribution in [1.29, 1.82) is 0 Å². The fraction of sp³-hybridized carbons (Fsp3) is 0.429. The summed E-state index contributed by atoms with van der Waals surface area (Å²) in [4.78, 5) is 18.7. The first-order chi connectivity index (χ1) is 12.1. The summed E-state index contributed by atoms with van der Waals surface area (Å²) in [6.45, 7) is 5.21. The molecule has 0 aliphatic heterocycles. The van der Waals surface area contributed by atoms with Crippen molar-refractivity contribution in [3.8, 4) is 0 Å². The van der Waals surface area contributed by atoms with Gasteiger partial charge in [0.15, 0.2) is 0 Å². The third kappa shape index (κ3) is 4.26. The Morgan fingerprint density at radius 3 is 2.64 bits per heavy atom. The number of rotatable bonds is 7. The van der Waals surface area contributed by atoms with Crippen molar-refractivity contribution in [2.24, 2.45) is 5.92 Å². The molecular weight excluding hydrogens is 312 g/mol. The Labute approximate surface area is 149 Å². The minimum atomic E-state index is -0.0214. The number of benzene rings is 1. The summed E-state index contributed by atoms with van der Waals surface area (Å²) in [5.74, 6) is 0.998. The Balaban J connectivity index is 1.65. The highest BCUT2D eigenvalue weighted by molar-refractivity contribution is 5.83. The Hall–Kier alpha value is -2.20. The normalized spacial score (nSPS) is 19.0. The zero-order chi connectivity index (χ0) is 17.8. The van der Waals surface area contributed by atoms with Crippen LogP contribution in [0.4, 0.5) is 0 Å².